The predicted octanol–water partition coefficient (Wildman–Crippen LogP) is 5.01. The minimum absolute atomic E-state index is 0.346. The summed E-state index contributed by atoms with van der Waals surface area (Å²) in [5, 5.41) is 4.21. The van der Waals surface area contributed by atoms with Crippen molar-refractivity contribution in [3.8, 4) is 0 Å². The lowest BCUT2D eigenvalue weighted by molar-refractivity contribution is 0.657. The summed E-state index contributed by atoms with van der Waals surface area (Å²) in [5.41, 5.74) is 4.02. The Kier molecular flexibility index (Phi) is 5.53. The van der Waals surface area contributed by atoms with Gasteiger partial charge in [0.15, 0.2) is 0 Å². The molecule has 0 saturated carbocycles. The molecule has 106 valence electrons. The number of halogens is 1. The van der Waals surface area contributed by atoms with Gasteiger partial charge in [-0.15, -0.1) is 11.8 Å². The molecule has 0 radical (unpaired) electrons. The van der Waals surface area contributed by atoms with Crippen molar-refractivity contribution >= 4 is 23.4 Å². The summed E-state index contributed by atoms with van der Waals surface area (Å²) in [6.07, 6.45) is 0. The third kappa shape index (κ3) is 4.02. The fourth-order valence-corrected chi connectivity index (χ4v) is 3.55. The van der Waals surface area contributed by atoms with E-state index in [2.05, 4.69) is 43.4 Å². The van der Waals surface area contributed by atoms with Gasteiger partial charge in [0.05, 0.1) is 0 Å². The number of thioether (sulfide) groups is 1. The molecule has 1 N–H and O–H groups in total. The Balaban J connectivity index is 2.11. The molecule has 20 heavy (non-hydrogen) atoms. The van der Waals surface area contributed by atoms with E-state index >= 15 is 0 Å². The summed E-state index contributed by atoms with van der Waals surface area (Å²) in [7, 11) is 2.02. The first-order valence-corrected chi connectivity index (χ1v) is 8.09. The van der Waals surface area contributed by atoms with E-state index < -0.39 is 0 Å². The third-order valence-corrected chi connectivity index (χ3v) is 4.69. The Morgan fingerprint density at radius 3 is 2.65 bits per heavy atom. The number of hydrogen-bond donors (Lipinski definition) is 1. The monoisotopic (exact) mass is 305 g/mol. The summed E-state index contributed by atoms with van der Waals surface area (Å²) < 4.78 is 0. The lowest BCUT2D eigenvalue weighted by Gasteiger charge is -2.19. The molecule has 0 amide bonds. The molecular weight excluding hydrogens is 286 g/mol. The molecule has 0 saturated heterocycles. The fourth-order valence-electron chi connectivity index (χ4n) is 2.20. The van der Waals surface area contributed by atoms with Crippen LogP contribution < -0.4 is 5.32 Å². The molecule has 1 nitrogen and oxygen atoms in total. The van der Waals surface area contributed by atoms with Gasteiger partial charge >= 0.3 is 0 Å². The van der Waals surface area contributed by atoms with E-state index in [1.54, 1.807) is 0 Å². The molecule has 0 fully saturated rings. The normalized spacial score (nSPS) is 12.4. The van der Waals surface area contributed by atoms with Gasteiger partial charge in [-0.25, -0.2) is 0 Å². The van der Waals surface area contributed by atoms with Gasteiger partial charge in [-0.2, -0.15) is 0 Å². The van der Waals surface area contributed by atoms with Gasteiger partial charge < -0.3 is 5.32 Å². The van der Waals surface area contributed by atoms with Crippen LogP contribution in [0, 0.1) is 13.8 Å². The predicted molar refractivity (Wildman–Crippen MR) is 89.9 cm³/mol. The zero-order valence-electron chi connectivity index (χ0n) is 12.1. The molecule has 0 bridgehead atoms. The number of rotatable bonds is 5. The van der Waals surface area contributed by atoms with Crippen molar-refractivity contribution in [1.82, 2.24) is 5.32 Å². The van der Waals surface area contributed by atoms with Crippen LogP contribution in [0.15, 0.2) is 47.4 Å². The van der Waals surface area contributed by atoms with Crippen LogP contribution in [0.2, 0.25) is 5.02 Å². The van der Waals surface area contributed by atoms with Crippen LogP contribution in [0.4, 0.5) is 0 Å². The van der Waals surface area contributed by atoms with Gasteiger partial charge in [0, 0.05) is 21.7 Å². The SMILES string of the molecule is CNC(CSc1cccc(Cl)c1)c1cc(C)ccc1C. The highest BCUT2D eigenvalue weighted by Gasteiger charge is 2.12. The first kappa shape index (κ1) is 15.4. The van der Waals surface area contributed by atoms with Crippen LogP contribution in [0.5, 0.6) is 0 Å². The first-order valence-electron chi connectivity index (χ1n) is 6.73. The Morgan fingerprint density at radius 1 is 1.15 bits per heavy atom. The standard InChI is InChI=1S/C17H20ClNS/c1-12-7-8-13(2)16(9-12)17(19-3)11-20-15-6-4-5-14(18)10-15/h4-10,17,19H,11H2,1-3H3. The van der Waals surface area contributed by atoms with Crippen molar-refractivity contribution < 1.29 is 0 Å². The average Bonchev–Trinajstić information content (AvgIpc) is 2.43. The van der Waals surface area contributed by atoms with E-state index in [1.165, 1.54) is 21.6 Å². The van der Waals surface area contributed by atoms with Crippen LogP contribution in [0.1, 0.15) is 22.7 Å². The maximum Gasteiger partial charge on any atom is 0.0417 e. The van der Waals surface area contributed by atoms with E-state index in [4.69, 9.17) is 11.6 Å². The lowest BCUT2D eigenvalue weighted by Crippen LogP contribution is -2.19. The van der Waals surface area contributed by atoms with Crippen molar-refractivity contribution in [2.75, 3.05) is 12.8 Å². The molecule has 0 aliphatic heterocycles. The highest BCUT2D eigenvalue weighted by molar-refractivity contribution is 7.99. The van der Waals surface area contributed by atoms with Crippen LogP contribution in [-0.2, 0) is 0 Å². The molecule has 2 rings (SSSR count). The largest absolute Gasteiger partial charge is 0.312 e. The van der Waals surface area contributed by atoms with E-state index in [1.807, 2.05) is 37.0 Å². The van der Waals surface area contributed by atoms with Crippen LogP contribution in [-0.4, -0.2) is 12.8 Å². The number of benzene rings is 2. The quantitative estimate of drug-likeness (QED) is 0.779. The maximum absolute atomic E-state index is 6.03. The van der Waals surface area contributed by atoms with E-state index in [9.17, 15) is 0 Å². The summed E-state index contributed by atoms with van der Waals surface area (Å²) in [6, 6.07) is 15.0. The highest BCUT2D eigenvalue weighted by Crippen LogP contribution is 2.28. The number of aryl methyl sites for hydroxylation is 2. The van der Waals surface area contributed by atoms with Gasteiger partial charge in [-0.3, -0.25) is 0 Å². The molecule has 0 aliphatic carbocycles. The molecular formula is C17H20ClNS. The minimum Gasteiger partial charge on any atom is -0.312 e. The van der Waals surface area contributed by atoms with Crippen LogP contribution in [0.3, 0.4) is 0 Å². The van der Waals surface area contributed by atoms with Crippen molar-refractivity contribution in [2.24, 2.45) is 0 Å². The Bertz CT molecular complexity index is 583. The maximum atomic E-state index is 6.03. The van der Waals surface area contributed by atoms with Crippen LogP contribution >= 0.6 is 23.4 Å². The Morgan fingerprint density at radius 2 is 1.95 bits per heavy atom. The summed E-state index contributed by atoms with van der Waals surface area (Å²) >= 11 is 7.86. The molecule has 2 aromatic rings. The van der Waals surface area contributed by atoms with Gasteiger partial charge in [0.1, 0.15) is 0 Å². The van der Waals surface area contributed by atoms with Crippen molar-refractivity contribution in [1.29, 1.82) is 0 Å². The molecule has 0 aliphatic rings. The molecule has 3 heteroatoms. The third-order valence-electron chi connectivity index (χ3n) is 3.37. The molecule has 0 aromatic heterocycles. The van der Waals surface area contributed by atoms with Crippen molar-refractivity contribution in [3.05, 3.63) is 64.2 Å². The summed E-state index contributed by atoms with van der Waals surface area (Å²) in [5.74, 6) is 0.987. The molecule has 2 aromatic carbocycles. The second-order valence-corrected chi connectivity index (χ2v) is 6.50. The van der Waals surface area contributed by atoms with E-state index in [0.29, 0.717) is 6.04 Å². The van der Waals surface area contributed by atoms with Gasteiger partial charge in [-0.05, 0) is 50.2 Å². The molecule has 0 heterocycles. The zero-order valence-corrected chi connectivity index (χ0v) is 13.7. The van der Waals surface area contributed by atoms with E-state index in [0.717, 1.165) is 10.8 Å². The minimum atomic E-state index is 0.346. The zero-order chi connectivity index (χ0) is 14.5. The molecule has 1 atom stereocenters. The fraction of sp³-hybridized carbons (Fsp3) is 0.294. The topological polar surface area (TPSA) is 12.0 Å². The summed E-state index contributed by atoms with van der Waals surface area (Å²) in [4.78, 5) is 1.21. The smallest absolute Gasteiger partial charge is 0.0417 e. The highest BCUT2D eigenvalue weighted by atomic mass is 35.5. The van der Waals surface area contributed by atoms with Gasteiger partial charge in [0.2, 0.25) is 0 Å². The Labute approximate surface area is 130 Å². The first-order chi connectivity index (χ1) is 9.60. The van der Waals surface area contributed by atoms with Gasteiger partial charge in [-0.1, -0.05) is 41.4 Å². The van der Waals surface area contributed by atoms with Crippen molar-refractivity contribution in [2.45, 2.75) is 24.8 Å². The summed E-state index contributed by atoms with van der Waals surface area (Å²) in [6.45, 7) is 4.31. The average molecular weight is 306 g/mol. The number of nitrogens with one attached hydrogen (secondary N) is 1. The second-order valence-electron chi connectivity index (χ2n) is 4.97. The Hall–Kier alpha value is -0.960. The van der Waals surface area contributed by atoms with Crippen LogP contribution in [0.25, 0.3) is 0 Å². The lowest BCUT2D eigenvalue weighted by atomic mass is 10.0. The van der Waals surface area contributed by atoms with Gasteiger partial charge in [0.25, 0.3) is 0 Å². The van der Waals surface area contributed by atoms with Crippen molar-refractivity contribution in [3.63, 3.8) is 0 Å². The number of hydrogen-bond acceptors (Lipinski definition) is 2. The van der Waals surface area contributed by atoms with E-state index in [-0.39, 0.29) is 0 Å². The molecule has 0 spiro atoms. The second kappa shape index (κ2) is 7.16. The molecule has 1 unspecified atom stereocenters.